The first-order valence-electron chi connectivity index (χ1n) is 8.03. The van der Waals surface area contributed by atoms with Gasteiger partial charge in [-0.3, -0.25) is 0 Å². The van der Waals surface area contributed by atoms with E-state index in [1.165, 1.54) is 17.7 Å². The third kappa shape index (κ3) is 3.28. The first-order valence-corrected chi connectivity index (χ1v) is 10.3. The lowest BCUT2D eigenvalue weighted by Gasteiger charge is -2.26. The minimum atomic E-state index is -2.90. The predicted octanol–water partition coefficient (Wildman–Crippen LogP) is 0.125. The van der Waals surface area contributed by atoms with Crippen LogP contribution in [-0.4, -0.2) is 47.4 Å². The van der Waals surface area contributed by atoms with Crippen molar-refractivity contribution in [2.45, 2.75) is 38.8 Å². The zero-order valence-corrected chi connectivity index (χ0v) is 14.9. The SMILES string of the molecule is CC1CC[NH+](Cn2nc([C@@H]3CCS(=O)(=O)C3)n(C)c2=S)CC1. The molecule has 124 valence electrons. The second kappa shape index (κ2) is 6.05. The molecule has 0 radical (unpaired) electrons. The Balaban J connectivity index is 1.76. The van der Waals surface area contributed by atoms with Crippen LogP contribution in [0.2, 0.25) is 0 Å². The van der Waals surface area contributed by atoms with Crippen molar-refractivity contribution in [1.82, 2.24) is 14.3 Å². The Morgan fingerprint density at radius 2 is 2.00 bits per heavy atom. The minimum absolute atomic E-state index is 0.00525. The second-order valence-electron chi connectivity index (χ2n) is 6.89. The van der Waals surface area contributed by atoms with Crippen molar-refractivity contribution in [3.05, 3.63) is 10.6 Å². The van der Waals surface area contributed by atoms with Crippen molar-refractivity contribution < 1.29 is 13.3 Å². The van der Waals surface area contributed by atoms with Crippen LogP contribution in [-0.2, 0) is 23.6 Å². The number of piperidine rings is 1. The first-order chi connectivity index (χ1) is 10.4. The van der Waals surface area contributed by atoms with Gasteiger partial charge in [0.25, 0.3) is 0 Å². The summed E-state index contributed by atoms with van der Waals surface area (Å²) in [5, 5.41) is 4.66. The number of quaternary nitrogens is 1. The standard InChI is InChI=1S/C14H24N4O2S2/c1-11-3-6-17(7-4-11)10-18-14(21)16(2)13(15-18)12-5-8-22(19,20)9-12/h11-12H,3-10H2,1-2H3/p+1/t12-/m1/s1. The highest BCUT2D eigenvalue weighted by molar-refractivity contribution is 7.91. The topological polar surface area (TPSA) is 61.3 Å². The van der Waals surface area contributed by atoms with E-state index < -0.39 is 9.84 Å². The lowest BCUT2D eigenvalue weighted by atomic mass is 10.00. The third-order valence-corrected chi connectivity index (χ3v) is 7.28. The van der Waals surface area contributed by atoms with E-state index >= 15 is 0 Å². The maximum Gasteiger partial charge on any atom is 0.202 e. The number of hydrogen-bond acceptors (Lipinski definition) is 4. The van der Waals surface area contributed by atoms with Gasteiger partial charge >= 0.3 is 0 Å². The molecule has 0 bridgehead atoms. The van der Waals surface area contributed by atoms with E-state index in [1.807, 2.05) is 16.3 Å². The van der Waals surface area contributed by atoms with Crippen LogP contribution in [0.15, 0.2) is 0 Å². The molecule has 2 aliphatic rings. The molecule has 22 heavy (non-hydrogen) atoms. The third-order valence-electron chi connectivity index (χ3n) is 5.03. The van der Waals surface area contributed by atoms with Gasteiger partial charge in [-0.25, -0.2) is 8.42 Å². The molecule has 8 heteroatoms. The van der Waals surface area contributed by atoms with Gasteiger partial charge in [-0.2, -0.15) is 9.78 Å². The van der Waals surface area contributed by atoms with Crippen molar-refractivity contribution in [2.75, 3.05) is 24.6 Å². The van der Waals surface area contributed by atoms with Crippen molar-refractivity contribution >= 4 is 22.1 Å². The van der Waals surface area contributed by atoms with Gasteiger partial charge < -0.3 is 9.47 Å². The summed E-state index contributed by atoms with van der Waals surface area (Å²) in [6.45, 7) is 5.42. The van der Waals surface area contributed by atoms with E-state index in [0.29, 0.717) is 11.2 Å². The number of sulfone groups is 1. The Labute approximate surface area is 137 Å². The lowest BCUT2D eigenvalue weighted by molar-refractivity contribution is -0.929. The molecule has 1 atom stereocenters. The number of rotatable bonds is 3. The van der Waals surface area contributed by atoms with Crippen LogP contribution in [0.5, 0.6) is 0 Å². The second-order valence-corrected chi connectivity index (χ2v) is 9.48. The summed E-state index contributed by atoms with van der Waals surface area (Å²) < 4.78 is 27.9. The first kappa shape index (κ1) is 16.1. The van der Waals surface area contributed by atoms with Crippen LogP contribution in [0.25, 0.3) is 0 Å². The van der Waals surface area contributed by atoms with Crippen LogP contribution in [0.3, 0.4) is 0 Å². The molecule has 2 aliphatic heterocycles. The Morgan fingerprint density at radius 3 is 2.59 bits per heavy atom. The maximum atomic E-state index is 11.7. The molecule has 3 heterocycles. The van der Waals surface area contributed by atoms with E-state index in [1.54, 1.807) is 0 Å². The van der Waals surface area contributed by atoms with Gasteiger partial charge in [0.05, 0.1) is 24.6 Å². The molecule has 0 aromatic carbocycles. The monoisotopic (exact) mass is 345 g/mol. The van der Waals surface area contributed by atoms with E-state index in [-0.39, 0.29) is 17.4 Å². The number of likely N-dealkylation sites (tertiary alicyclic amines) is 1. The summed E-state index contributed by atoms with van der Waals surface area (Å²) in [5.41, 5.74) is 0. The molecule has 0 amide bonds. The molecule has 1 N–H and O–H groups in total. The summed E-state index contributed by atoms with van der Waals surface area (Å²) in [6.07, 6.45) is 3.17. The summed E-state index contributed by atoms with van der Waals surface area (Å²) in [4.78, 5) is 1.51. The molecule has 2 fully saturated rings. The smallest absolute Gasteiger partial charge is 0.202 e. The fourth-order valence-electron chi connectivity index (χ4n) is 3.50. The Morgan fingerprint density at radius 1 is 1.32 bits per heavy atom. The predicted molar refractivity (Wildman–Crippen MR) is 87.1 cm³/mol. The van der Waals surface area contributed by atoms with Crippen LogP contribution in [0.1, 0.15) is 37.9 Å². The molecule has 0 spiro atoms. The molecule has 0 unspecified atom stereocenters. The van der Waals surface area contributed by atoms with Gasteiger partial charge in [0.2, 0.25) is 4.77 Å². The normalized spacial score (nSPS) is 31.5. The van der Waals surface area contributed by atoms with Crippen LogP contribution < -0.4 is 4.90 Å². The highest BCUT2D eigenvalue weighted by Gasteiger charge is 2.32. The summed E-state index contributed by atoms with van der Waals surface area (Å²) in [6, 6.07) is 0. The number of aromatic nitrogens is 3. The van der Waals surface area contributed by atoms with Gasteiger partial charge in [0, 0.05) is 13.0 Å². The van der Waals surface area contributed by atoms with E-state index in [4.69, 9.17) is 12.2 Å². The minimum Gasteiger partial charge on any atom is -0.316 e. The maximum absolute atomic E-state index is 11.7. The van der Waals surface area contributed by atoms with Crippen LogP contribution >= 0.6 is 12.2 Å². The molecular formula is C14H25N4O2S2+. The Kier molecular flexibility index (Phi) is 4.44. The lowest BCUT2D eigenvalue weighted by Crippen LogP contribution is -3.12. The molecule has 0 saturated carbocycles. The number of nitrogens with one attached hydrogen (secondary N) is 1. The van der Waals surface area contributed by atoms with Crippen molar-refractivity contribution in [2.24, 2.45) is 13.0 Å². The molecule has 2 saturated heterocycles. The van der Waals surface area contributed by atoms with Crippen molar-refractivity contribution in [1.29, 1.82) is 0 Å². The van der Waals surface area contributed by atoms with Gasteiger partial charge in [-0.15, -0.1) is 0 Å². The molecule has 6 nitrogen and oxygen atoms in total. The summed E-state index contributed by atoms with van der Waals surface area (Å²) in [7, 11) is -0.997. The summed E-state index contributed by atoms with van der Waals surface area (Å²) >= 11 is 5.50. The van der Waals surface area contributed by atoms with E-state index in [9.17, 15) is 8.42 Å². The van der Waals surface area contributed by atoms with E-state index in [2.05, 4.69) is 12.0 Å². The largest absolute Gasteiger partial charge is 0.316 e. The van der Waals surface area contributed by atoms with E-state index in [0.717, 1.165) is 31.5 Å². The fourth-order valence-corrected chi connectivity index (χ4v) is 5.44. The fraction of sp³-hybridized carbons (Fsp3) is 0.857. The summed E-state index contributed by atoms with van der Waals surface area (Å²) in [5.74, 6) is 2.12. The molecular weight excluding hydrogens is 320 g/mol. The molecule has 1 aromatic rings. The number of nitrogens with zero attached hydrogens (tertiary/aromatic N) is 3. The van der Waals surface area contributed by atoms with Gasteiger partial charge in [-0.05, 0) is 37.4 Å². The quantitative estimate of drug-likeness (QED) is 0.791. The highest BCUT2D eigenvalue weighted by atomic mass is 32.2. The number of hydrogen-bond donors (Lipinski definition) is 1. The zero-order valence-electron chi connectivity index (χ0n) is 13.3. The van der Waals surface area contributed by atoms with Gasteiger partial charge in [-0.1, -0.05) is 6.92 Å². The zero-order chi connectivity index (χ0) is 15.9. The van der Waals surface area contributed by atoms with Gasteiger partial charge in [0.1, 0.15) is 5.82 Å². The van der Waals surface area contributed by atoms with Gasteiger partial charge in [0.15, 0.2) is 16.5 Å². The Hall–Kier alpha value is -0.730. The average Bonchev–Trinajstić information content (AvgIpc) is 2.96. The Bertz CT molecular complexity index is 699. The van der Waals surface area contributed by atoms with Crippen LogP contribution in [0, 0.1) is 10.7 Å². The molecule has 1 aromatic heterocycles. The van der Waals surface area contributed by atoms with Crippen LogP contribution in [0.4, 0.5) is 0 Å². The molecule has 3 rings (SSSR count). The highest BCUT2D eigenvalue weighted by Crippen LogP contribution is 2.27. The van der Waals surface area contributed by atoms with Crippen molar-refractivity contribution in [3.8, 4) is 0 Å². The molecule has 0 aliphatic carbocycles. The average molecular weight is 346 g/mol. The van der Waals surface area contributed by atoms with Crippen molar-refractivity contribution in [3.63, 3.8) is 0 Å².